The van der Waals surface area contributed by atoms with Gasteiger partial charge in [0.15, 0.2) is 0 Å². The quantitative estimate of drug-likeness (QED) is 0.845. The van der Waals surface area contributed by atoms with Gasteiger partial charge in [0.1, 0.15) is 5.82 Å². The molecule has 0 spiro atoms. The van der Waals surface area contributed by atoms with Gasteiger partial charge in [-0.25, -0.2) is 12.8 Å². The van der Waals surface area contributed by atoms with Crippen LogP contribution in [0.4, 0.5) is 15.8 Å². The zero-order valence-corrected chi connectivity index (χ0v) is 11.9. The highest BCUT2D eigenvalue weighted by Crippen LogP contribution is 2.20. The number of benzene rings is 1. The van der Waals surface area contributed by atoms with Gasteiger partial charge in [0.2, 0.25) is 0 Å². The molecule has 0 saturated carbocycles. The number of aromatic nitrogens is 2. The van der Waals surface area contributed by atoms with Gasteiger partial charge >= 0.3 is 0 Å². The van der Waals surface area contributed by atoms with E-state index in [2.05, 4.69) is 9.82 Å². The lowest BCUT2D eigenvalue weighted by molar-refractivity contribution is 0.532. The number of nitrogen functional groups attached to an aromatic ring is 1. The highest BCUT2D eigenvalue weighted by molar-refractivity contribution is 7.92. The summed E-state index contributed by atoms with van der Waals surface area (Å²) in [5.74, 6) is -0.656. The van der Waals surface area contributed by atoms with Crippen LogP contribution in [0.2, 0.25) is 0 Å². The van der Waals surface area contributed by atoms with Crippen molar-refractivity contribution in [2.24, 2.45) is 0 Å². The first-order valence-corrected chi connectivity index (χ1v) is 7.40. The molecule has 0 atom stereocenters. The third kappa shape index (κ3) is 2.90. The molecule has 0 bridgehead atoms. The monoisotopic (exact) mass is 298 g/mol. The van der Waals surface area contributed by atoms with Crippen molar-refractivity contribution >= 4 is 21.4 Å². The number of nitrogens with two attached hydrogens (primary N) is 1. The van der Waals surface area contributed by atoms with Gasteiger partial charge in [0, 0.05) is 12.2 Å². The zero-order valence-electron chi connectivity index (χ0n) is 11.0. The molecular formula is C12H15FN4O2S. The smallest absolute Gasteiger partial charge is 0.262 e. The van der Waals surface area contributed by atoms with Crippen LogP contribution in [0.3, 0.4) is 0 Å². The van der Waals surface area contributed by atoms with Crippen LogP contribution in [-0.4, -0.2) is 18.2 Å². The van der Waals surface area contributed by atoms with Gasteiger partial charge in [0.25, 0.3) is 10.0 Å². The normalized spacial score (nSPS) is 11.8. The predicted molar refractivity (Wildman–Crippen MR) is 74.2 cm³/mol. The van der Waals surface area contributed by atoms with Crippen LogP contribution in [0.15, 0.2) is 35.5 Å². The lowest BCUT2D eigenvalue weighted by Gasteiger charge is -2.07. The average molecular weight is 298 g/mol. The Labute approximate surface area is 116 Å². The maximum absolute atomic E-state index is 13.1. The number of nitrogens with one attached hydrogen (secondary N) is 1. The number of nitrogens with zero attached hydrogens (tertiary/aromatic N) is 2. The molecule has 0 saturated heterocycles. The summed E-state index contributed by atoms with van der Waals surface area (Å²) in [4.78, 5) is -0.103. The van der Waals surface area contributed by atoms with E-state index in [0.717, 1.165) is 18.2 Å². The van der Waals surface area contributed by atoms with E-state index >= 15 is 0 Å². The van der Waals surface area contributed by atoms with Crippen LogP contribution < -0.4 is 10.5 Å². The largest absolute Gasteiger partial charge is 0.396 e. The maximum Gasteiger partial charge on any atom is 0.262 e. The average Bonchev–Trinajstić information content (AvgIpc) is 2.80. The van der Waals surface area contributed by atoms with Crippen LogP contribution in [0.5, 0.6) is 0 Å². The summed E-state index contributed by atoms with van der Waals surface area (Å²) < 4.78 is 41.3. The number of rotatable bonds is 4. The first-order chi connectivity index (χ1) is 9.29. The standard InChI is InChI=1S/C12H15FN4O2S/c1-8(2)17-7-9(6-15-17)16-20(18,19)10-3-4-11(13)12(14)5-10/h3-8,16H,14H2,1-2H3. The summed E-state index contributed by atoms with van der Waals surface area (Å²) in [5.41, 5.74) is 5.49. The van der Waals surface area contributed by atoms with Crippen LogP contribution >= 0.6 is 0 Å². The Bertz CT molecular complexity index is 725. The first kappa shape index (κ1) is 14.3. The van der Waals surface area contributed by atoms with Crippen molar-refractivity contribution < 1.29 is 12.8 Å². The molecule has 0 fully saturated rings. The molecule has 20 heavy (non-hydrogen) atoms. The predicted octanol–water partition coefficient (Wildman–Crippen LogP) is 1.99. The van der Waals surface area contributed by atoms with E-state index in [1.807, 2.05) is 13.8 Å². The number of hydrogen-bond acceptors (Lipinski definition) is 4. The van der Waals surface area contributed by atoms with Gasteiger partial charge in [-0.05, 0) is 32.0 Å². The highest BCUT2D eigenvalue weighted by Gasteiger charge is 2.16. The van der Waals surface area contributed by atoms with E-state index in [0.29, 0.717) is 5.69 Å². The van der Waals surface area contributed by atoms with Crippen LogP contribution in [0, 0.1) is 5.82 Å². The minimum Gasteiger partial charge on any atom is -0.396 e. The molecule has 0 amide bonds. The number of anilines is 2. The Balaban J connectivity index is 2.28. The van der Waals surface area contributed by atoms with E-state index < -0.39 is 15.8 Å². The summed E-state index contributed by atoms with van der Waals surface area (Å²) in [6.45, 7) is 3.85. The van der Waals surface area contributed by atoms with E-state index in [4.69, 9.17) is 5.73 Å². The van der Waals surface area contributed by atoms with Gasteiger partial charge in [0.05, 0.1) is 22.5 Å². The van der Waals surface area contributed by atoms with E-state index in [1.165, 1.54) is 6.20 Å². The fraction of sp³-hybridized carbons (Fsp3) is 0.250. The molecule has 108 valence electrons. The second-order valence-electron chi connectivity index (χ2n) is 4.59. The van der Waals surface area contributed by atoms with E-state index in [9.17, 15) is 12.8 Å². The Hall–Kier alpha value is -2.09. The molecule has 6 nitrogen and oxygen atoms in total. The molecule has 2 rings (SSSR count). The van der Waals surface area contributed by atoms with Crippen LogP contribution in [0.1, 0.15) is 19.9 Å². The minimum absolute atomic E-state index is 0.103. The SMILES string of the molecule is CC(C)n1cc(NS(=O)(=O)c2ccc(F)c(N)c2)cn1. The highest BCUT2D eigenvalue weighted by atomic mass is 32.2. The lowest BCUT2D eigenvalue weighted by Crippen LogP contribution is -2.13. The Kier molecular flexibility index (Phi) is 3.67. The van der Waals surface area contributed by atoms with Crippen molar-refractivity contribution in [3.8, 4) is 0 Å². The van der Waals surface area contributed by atoms with E-state index in [1.54, 1.807) is 10.9 Å². The Morgan fingerprint density at radius 1 is 1.40 bits per heavy atom. The fourth-order valence-corrected chi connectivity index (χ4v) is 2.64. The minimum atomic E-state index is -3.81. The number of sulfonamides is 1. The van der Waals surface area contributed by atoms with Crippen molar-refractivity contribution in [2.75, 3.05) is 10.5 Å². The summed E-state index contributed by atoms with van der Waals surface area (Å²) in [5, 5.41) is 4.03. The molecular weight excluding hydrogens is 283 g/mol. The summed E-state index contributed by atoms with van der Waals surface area (Å²) in [7, 11) is -3.81. The zero-order chi connectivity index (χ0) is 14.9. The van der Waals surface area contributed by atoms with Gasteiger partial charge < -0.3 is 5.73 Å². The molecule has 0 radical (unpaired) electrons. The molecule has 0 aliphatic heterocycles. The van der Waals surface area contributed by atoms with Gasteiger partial charge in [-0.1, -0.05) is 0 Å². The molecule has 2 aromatic rings. The molecule has 0 aliphatic carbocycles. The van der Waals surface area contributed by atoms with Crippen molar-refractivity contribution in [1.29, 1.82) is 0 Å². The topological polar surface area (TPSA) is 90.0 Å². The first-order valence-electron chi connectivity index (χ1n) is 5.91. The van der Waals surface area contributed by atoms with Crippen molar-refractivity contribution in [3.05, 3.63) is 36.4 Å². The Morgan fingerprint density at radius 2 is 2.10 bits per heavy atom. The molecule has 1 heterocycles. The number of hydrogen-bond donors (Lipinski definition) is 2. The fourth-order valence-electron chi connectivity index (χ4n) is 1.58. The summed E-state index contributed by atoms with van der Waals surface area (Å²) >= 11 is 0. The maximum atomic E-state index is 13.1. The number of halogens is 1. The van der Waals surface area contributed by atoms with Crippen LogP contribution in [0.25, 0.3) is 0 Å². The van der Waals surface area contributed by atoms with E-state index in [-0.39, 0.29) is 16.6 Å². The molecule has 8 heteroatoms. The third-order valence-electron chi connectivity index (χ3n) is 2.66. The van der Waals surface area contributed by atoms with Crippen molar-refractivity contribution in [3.63, 3.8) is 0 Å². The summed E-state index contributed by atoms with van der Waals surface area (Å²) in [6, 6.07) is 3.36. The second kappa shape index (κ2) is 5.12. The molecule has 1 aromatic carbocycles. The molecule has 0 aliphatic rings. The van der Waals surface area contributed by atoms with Gasteiger partial charge in [-0.2, -0.15) is 5.10 Å². The summed E-state index contributed by atoms with van der Waals surface area (Å²) in [6.07, 6.45) is 2.99. The molecule has 1 aromatic heterocycles. The van der Waals surface area contributed by atoms with Crippen molar-refractivity contribution in [2.45, 2.75) is 24.8 Å². The van der Waals surface area contributed by atoms with Crippen LogP contribution in [-0.2, 0) is 10.0 Å². The third-order valence-corrected chi connectivity index (χ3v) is 4.04. The second-order valence-corrected chi connectivity index (χ2v) is 6.27. The molecule has 0 unspecified atom stereocenters. The molecule has 3 N–H and O–H groups in total. The van der Waals surface area contributed by atoms with Crippen molar-refractivity contribution in [1.82, 2.24) is 9.78 Å². The van der Waals surface area contributed by atoms with Gasteiger partial charge in [-0.3, -0.25) is 9.40 Å². The van der Waals surface area contributed by atoms with Gasteiger partial charge in [-0.15, -0.1) is 0 Å². The lowest BCUT2D eigenvalue weighted by atomic mass is 10.3. The Morgan fingerprint density at radius 3 is 2.65 bits per heavy atom.